The highest BCUT2D eigenvalue weighted by atomic mass is 35.5. The van der Waals surface area contributed by atoms with Gasteiger partial charge < -0.3 is 15.1 Å². The first kappa shape index (κ1) is 27.6. The van der Waals surface area contributed by atoms with Gasteiger partial charge in [0, 0.05) is 28.4 Å². The van der Waals surface area contributed by atoms with E-state index in [1.807, 2.05) is 60.0 Å². The molecule has 0 fully saturated rings. The second-order valence-corrected chi connectivity index (χ2v) is 12.2. The smallest absolute Gasteiger partial charge is 0.254 e. The van der Waals surface area contributed by atoms with Crippen LogP contribution in [-0.2, 0) is 30.7 Å². The Hall–Kier alpha value is -3.60. The number of aryl methyl sites for hydroxylation is 1. The maximum Gasteiger partial charge on any atom is 0.254 e. The molecule has 2 aromatic carbocycles. The van der Waals surface area contributed by atoms with Crippen molar-refractivity contribution in [3.8, 4) is 11.6 Å². The van der Waals surface area contributed by atoms with Crippen LogP contribution in [0.1, 0.15) is 46.1 Å². The Kier molecular flexibility index (Phi) is 8.13. The highest BCUT2D eigenvalue weighted by Gasteiger charge is 2.26. The number of aromatic nitrogens is 3. The lowest BCUT2D eigenvalue weighted by atomic mass is 9.95. The lowest BCUT2D eigenvalue weighted by molar-refractivity contribution is -0.113. The predicted octanol–water partition coefficient (Wildman–Crippen LogP) is 6.97. The minimum atomic E-state index is -0.198. The molecule has 2 N–H and O–H groups in total. The number of halogens is 1. The highest BCUT2D eigenvalue weighted by molar-refractivity contribution is 7.99. The van der Waals surface area contributed by atoms with Crippen LogP contribution in [0.4, 0.5) is 5.00 Å². The molecule has 0 saturated carbocycles. The third-order valence-corrected chi connectivity index (χ3v) is 9.42. The molecule has 2 amide bonds. The Morgan fingerprint density at radius 2 is 1.93 bits per heavy atom. The van der Waals surface area contributed by atoms with Crippen LogP contribution in [0.25, 0.3) is 22.6 Å². The number of benzene rings is 2. The van der Waals surface area contributed by atoms with E-state index in [1.165, 1.54) is 28.0 Å². The van der Waals surface area contributed by atoms with E-state index in [0.717, 1.165) is 42.2 Å². The van der Waals surface area contributed by atoms with Crippen molar-refractivity contribution in [2.24, 2.45) is 0 Å². The lowest BCUT2D eigenvalue weighted by Gasteiger charge is -2.13. The van der Waals surface area contributed by atoms with Crippen molar-refractivity contribution in [3.05, 3.63) is 81.2 Å². The summed E-state index contributed by atoms with van der Waals surface area (Å²) < 4.78 is 7.91. The molecule has 11 heteroatoms. The molecule has 8 nitrogen and oxygen atoms in total. The second-order valence-electron chi connectivity index (χ2n) is 9.76. The number of anilines is 1. The fraction of sp³-hybridized carbons (Fsp3) is 0.267. The molecule has 1 aliphatic carbocycles. The average Bonchev–Trinajstić information content (AvgIpc) is 3.69. The number of hydrogen-bond acceptors (Lipinski definition) is 7. The molecule has 0 saturated heterocycles. The van der Waals surface area contributed by atoms with Crippen LogP contribution in [0.2, 0.25) is 5.02 Å². The number of furan rings is 1. The topological polar surface area (TPSA) is 102 Å². The van der Waals surface area contributed by atoms with Crippen molar-refractivity contribution < 1.29 is 14.0 Å². The number of nitrogens with one attached hydrogen (secondary N) is 2. The summed E-state index contributed by atoms with van der Waals surface area (Å²) in [6.45, 7) is 3.03. The van der Waals surface area contributed by atoms with Crippen molar-refractivity contribution >= 4 is 62.5 Å². The van der Waals surface area contributed by atoms with E-state index in [-0.39, 0.29) is 17.6 Å². The summed E-state index contributed by atoms with van der Waals surface area (Å²) in [5.41, 5.74) is 3.41. The monoisotopic (exact) mass is 605 g/mol. The summed E-state index contributed by atoms with van der Waals surface area (Å²) in [5, 5.41) is 17.5. The first-order chi connectivity index (χ1) is 20.0. The SMILES string of the molecule is CCn1c(SCC(=O)Nc2sc3c(c2C(=O)NCc2ccccc2)CCCC3)nnc1-c1cc2cc(Cl)ccc2o1. The second kappa shape index (κ2) is 12.1. The number of hydrogen-bond donors (Lipinski definition) is 2. The molecule has 210 valence electrons. The molecule has 0 unspecified atom stereocenters. The zero-order valence-electron chi connectivity index (χ0n) is 22.4. The Balaban J connectivity index is 1.16. The van der Waals surface area contributed by atoms with Crippen LogP contribution >= 0.6 is 34.7 Å². The molecule has 1 aliphatic rings. The van der Waals surface area contributed by atoms with Crippen LogP contribution in [0, 0.1) is 0 Å². The van der Waals surface area contributed by atoms with Crippen molar-refractivity contribution in [1.82, 2.24) is 20.1 Å². The summed E-state index contributed by atoms with van der Waals surface area (Å²) in [4.78, 5) is 27.7. The summed E-state index contributed by atoms with van der Waals surface area (Å²) >= 11 is 8.94. The fourth-order valence-electron chi connectivity index (χ4n) is 5.04. The van der Waals surface area contributed by atoms with Crippen LogP contribution in [-0.4, -0.2) is 32.3 Å². The average molecular weight is 606 g/mol. The number of carbonyl (C=O) groups excluding carboxylic acids is 2. The van der Waals surface area contributed by atoms with E-state index >= 15 is 0 Å². The zero-order valence-corrected chi connectivity index (χ0v) is 24.8. The van der Waals surface area contributed by atoms with Gasteiger partial charge in [-0.15, -0.1) is 21.5 Å². The number of amides is 2. The minimum Gasteiger partial charge on any atom is -0.453 e. The van der Waals surface area contributed by atoms with Gasteiger partial charge in [-0.2, -0.15) is 0 Å². The van der Waals surface area contributed by atoms with E-state index in [4.69, 9.17) is 16.0 Å². The summed E-state index contributed by atoms with van der Waals surface area (Å²) in [5.74, 6) is 0.950. The number of fused-ring (bicyclic) bond motifs is 2. The van der Waals surface area contributed by atoms with Crippen molar-refractivity contribution in [2.45, 2.75) is 50.9 Å². The van der Waals surface area contributed by atoms with Gasteiger partial charge in [0.05, 0.1) is 11.3 Å². The van der Waals surface area contributed by atoms with E-state index < -0.39 is 0 Å². The van der Waals surface area contributed by atoms with Gasteiger partial charge in [0.25, 0.3) is 5.91 Å². The first-order valence-corrected chi connectivity index (χ1v) is 15.7. The van der Waals surface area contributed by atoms with Gasteiger partial charge in [-0.25, -0.2) is 0 Å². The number of rotatable bonds is 9. The molecular formula is C30H28ClN5O3S2. The minimum absolute atomic E-state index is 0.127. The number of nitrogens with zero attached hydrogens (tertiary/aromatic N) is 3. The molecule has 0 spiro atoms. The summed E-state index contributed by atoms with van der Waals surface area (Å²) in [6.07, 6.45) is 3.91. The molecule has 0 atom stereocenters. The van der Waals surface area contributed by atoms with E-state index in [9.17, 15) is 9.59 Å². The molecule has 6 rings (SSSR count). The van der Waals surface area contributed by atoms with Gasteiger partial charge in [-0.05, 0) is 68.0 Å². The Morgan fingerprint density at radius 1 is 1.10 bits per heavy atom. The highest BCUT2D eigenvalue weighted by Crippen LogP contribution is 2.38. The molecule has 5 aromatic rings. The Morgan fingerprint density at radius 3 is 2.76 bits per heavy atom. The fourth-order valence-corrected chi connectivity index (χ4v) is 7.33. The van der Waals surface area contributed by atoms with E-state index in [1.54, 1.807) is 6.07 Å². The number of carbonyl (C=O) groups is 2. The maximum absolute atomic E-state index is 13.3. The number of thiophene rings is 1. The Bertz CT molecular complexity index is 1730. The third kappa shape index (κ3) is 5.91. The van der Waals surface area contributed by atoms with Crippen LogP contribution < -0.4 is 10.6 Å². The van der Waals surface area contributed by atoms with E-state index in [2.05, 4.69) is 20.8 Å². The van der Waals surface area contributed by atoms with Gasteiger partial charge >= 0.3 is 0 Å². The quantitative estimate of drug-likeness (QED) is 0.176. The van der Waals surface area contributed by atoms with Crippen LogP contribution in [0.3, 0.4) is 0 Å². The van der Waals surface area contributed by atoms with Crippen molar-refractivity contribution in [2.75, 3.05) is 11.1 Å². The molecule has 41 heavy (non-hydrogen) atoms. The standard InChI is InChI=1S/C30H28ClN5O3S2/c1-2-36-27(23-15-19-14-20(31)12-13-22(19)39-23)34-35-30(36)40-17-25(37)33-29-26(21-10-6-7-11-24(21)41-29)28(38)32-16-18-8-4-3-5-9-18/h3-5,8-9,12-15H,2,6-7,10-11,16-17H2,1H3,(H,32,38)(H,33,37). The molecule has 0 radical (unpaired) electrons. The van der Waals surface area contributed by atoms with Crippen LogP contribution in [0.5, 0.6) is 0 Å². The molecule has 3 aromatic heterocycles. The first-order valence-electron chi connectivity index (χ1n) is 13.5. The number of thioether (sulfide) groups is 1. The van der Waals surface area contributed by atoms with Gasteiger partial charge in [-0.1, -0.05) is 53.7 Å². The summed E-state index contributed by atoms with van der Waals surface area (Å²) in [6, 6.07) is 17.2. The normalized spacial score (nSPS) is 12.8. The van der Waals surface area contributed by atoms with Crippen molar-refractivity contribution in [3.63, 3.8) is 0 Å². The molecule has 0 aliphatic heterocycles. The lowest BCUT2D eigenvalue weighted by Crippen LogP contribution is -2.25. The van der Waals surface area contributed by atoms with E-state index in [0.29, 0.717) is 51.0 Å². The van der Waals surface area contributed by atoms with Gasteiger partial charge in [0.2, 0.25) is 11.7 Å². The van der Waals surface area contributed by atoms with Gasteiger partial charge in [0.15, 0.2) is 10.9 Å². The van der Waals surface area contributed by atoms with Crippen molar-refractivity contribution in [1.29, 1.82) is 0 Å². The third-order valence-electron chi connectivity index (χ3n) is 7.01. The maximum atomic E-state index is 13.3. The predicted molar refractivity (Wildman–Crippen MR) is 164 cm³/mol. The summed E-state index contributed by atoms with van der Waals surface area (Å²) in [7, 11) is 0. The molecular weight excluding hydrogens is 578 g/mol. The molecule has 3 heterocycles. The van der Waals surface area contributed by atoms with Gasteiger partial charge in [0.1, 0.15) is 10.6 Å². The Labute approximate surface area is 250 Å². The van der Waals surface area contributed by atoms with Gasteiger partial charge in [-0.3, -0.25) is 14.2 Å². The molecule has 0 bridgehead atoms. The zero-order chi connectivity index (χ0) is 28.3. The van der Waals surface area contributed by atoms with Crippen LogP contribution in [0.15, 0.2) is 64.2 Å². The largest absolute Gasteiger partial charge is 0.453 e.